The van der Waals surface area contributed by atoms with Crippen molar-refractivity contribution < 1.29 is 18.4 Å². The Morgan fingerprint density at radius 1 is 0.923 bits per heavy atom. The Hall–Kier alpha value is -3.61. The Morgan fingerprint density at radius 3 is 2.50 bits per heavy atom. The average molecular weight is 353 g/mol. The molecular weight excluding hydrogens is 337 g/mol. The molecule has 0 atom stereocenters. The van der Waals surface area contributed by atoms with Crippen LogP contribution in [0.5, 0.6) is 0 Å². The molecule has 0 aliphatic carbocycles. The van der Waals surface area contributed by atoms with Gasteiger partial charge in [-0.3, -0.25) is 9.59 Å². The van der Waals surface area contributed by atoms with Crippen LogP contribution in [0, 0.1) is 5.82 Å². The standard InChI is InChI=1S/C19H16FN3O3/c20-15-7-1-2-8-16(15)23-18(24)12-21-13-5-3-6-14(11-13)22-19(25)17-9-4-10-26-17/h1-11,21H,12H2,(H,22,25)(H,23,24). The first kappa shape index (κ1) is 17.2. The van der Waals surface area contributed by atoms with Gasteiger partial charge in [0.25, 0.3) is 5.91 Å². The maximum atomic E-state index is 13.5. The number of hydrogen-bond donors (Lipinski definition) is 3. The zero-order valence-corrected chi connectivity index (χ0v) is 13.7. The molecule has 0 unspecified atom stereocenters. The monoisotopic (exact) mass is 353 g/mol. The summed E-state index contributed by atoms with van der Waals surface area (Å²) in [5.41, 5.74) is 1.30. The molecule has 1 aromatic heterocycles. The van der Waals surface area contributed by atoms with Gasteiger partial charge in [0.1, 0.15) is 5.82 Å². The van der Waals surface area contributed by atoms with Crippen molar-refractivity contribution >= 4 is 28.9 Å². The third-order valence-corrected chi connectivity index (χ3v) is 3.47. The van der Waals surface area contributed by atoms with Gasteiger partial charge in [-0.05, 0) is 42.5 Å². The number of furan rings is 1. The van der Waals surface area contributed by atoms with E-state index in [1.807, 2.05) is 0 Å². The average Bonchev–Trinajstić information content (AvgIpc) is 3.17. The van der Waals surface area contributed by atoms with E-state index in [1.165, 1.54) is 18.4 Å². The normalized spacial score (nSPS) is 10.2. The quantitative estimate of drug-likeness (QED) is 0.631. The van der Waals surface area contributed by atoms with Gasteiger partial charge < -0.3 is 20.4 Å². The zero-order chi connectivity index (χ0) is 18.4. The van der Waals surface area contributed by atoms with E-state index in [1.54, 1.807) is 48.5 Å². The van der Waals surface area contributed by atoms with E-state index in [0.717, 1.165) is 0 Å². The molecule has 3 aromatic rings. The van der Waals surface area contributed by atoms with Crippen LogP contribution in [0.1, 0.15) is 10.6 Å². The second-order valence-electron chi connectivity index (χ2n) is 5.39. The van der Waals surface area contributed by atoms with Crippen LogP contribution < -0.4 is 16.0 Å². The molecule has 0 spiro atoms. The molecule has 0 bridgehead atoms. The number of benzene rings is 2. The molecule has 7 heteroatoms. The summed E-state index contributed by atoms with van der Waals surface area (Å²) in [5, 5.41) is 8.11. The van der Waals surface area contributed by atoms with E-state index in [-0.39, 0.29) is 29.8 Å². The van der Waals surface area contributed by atoms with Crippen molar-refractivity contribution in [3.05, 3.63) is 78.5 Å². The van der Waals surface area contributed by atoms with Crippen LogP contribution in [0.3, 0.4) is 0 Å². The van der Waals surface area contributed by atoms with E-state index < -0.39 is 5.82 Å². The molecular formula is C19H16FN3O3. The predicted octanol–water partition coefficient (Wildman–Crippen LogP) is 3.72. The molecule has 3 rings (SSSR count). The summed E-state index contributed by atoms with van der Waals surface area (Å²) in [6.45, 7) is -0.0517. The number of hydrogen-bond acceptors (Lipinski definition) is 4. The SMILES string of the molecule is O=C(CNc1cccc(NC(=O)c2ccco2)c1)Nc1ccccc1F. The van der Waals surface area contributed by atoms with E-state index >= 15 is 0 Å². The van der Waals surface area contributed by atoms with Crippen LogP contribution in [0.4, 0.5) is 21.5 Å². The molecule has 3 N–H and O–H groups in total. The first-order valence-corrected chi connectivity index (χ1v) is 7.85. The number of amides is 2. The molecule has 0 fully saturated rings. The highest BCUT2D eigenvalue weighted by Crippen LogP contribution is 2.17. The Labute approximate surface area is 149 Å². The van der Waals surface area contributed by atoms with Gasteiger partial charge in [-0.25, -0.2) is 4.39 Å². The number of rotatable bonds is 6. The lowest BCUT2D eigenvalue weighted by Crippen LogP contribution is -2.22. The molecule has 0 saturated carbocycles. The zero-order valence-electron chi connectivity index (χ0n) is 13.7. The molecule has 6 nitrogen and oxygen atoms in total. The van der Waals surface area contributed by atoms with Crippen LogP contribution >= 0.6 is 0 Å². The molecule has 0 radical (unpaired) electrons. The molecule has 132 valence electrons. The van der Waals surface area contributed by atoms with Crippen molar-refractivity contribution in [3.63, 3.8) is 0 Å². The Balaban J connectivity index is 1.56. The van der Waals surface area contributed by atoms with E-state index in [2.05, 4.69) is 16.0 Å². The summed E-state index contributed by atoms with van der Waals surface area (Å²) in [5.74, 6) is -1.05. The molecule has 0 aliphatic rings. The highest BCUT2D eigenvalue weighted by molar-refractivity contribution is 6.02. The van der Waals surface area contributed by atoms with Gasteiger partial charge in [-0.2, -0.15) is 0 Å². The number of anilines is 3. The summed E-state index contributed by atoms with van der Waals surface area (Å²) >= 11 is 0. The summed E-state index contributed by atoms with van der Waals surface area (Å²) in [6, 6.07) is 16.0. The van der Waals surface area contributed by atoms with Gasteiger partial charge in [-0.15, -0.1) is 0 Å². The summed E-state index contributed by atoms with van der Waals surface area (Å²) < 4.78 is 18.6. The Kier molecular flexibility index (Phi) is 5.28. The largest absolute Gasteiger partial charge is 0.459 e. The third kappa shape index (κ3) is 4.47. The first-order valence-electron chi connectivity index (χ1n) is 7.85. The van der Waals surface area contributed by atoms with Gasteiger partial charge in [0.15, 0.2) is 5.76 Å². The van der Waals surface area contributed by atoms with E-state index in [4.69, 9.17) is 4.42 Å². The first-order chi connectivity index (χ1) is 12.6. The van der Waals surface area contributed by atoms with Gasteiger partial charge >= 0.3 is 0 Å². The van der Waals surface area contributed by atoms with Crippen LogP contribution in [0.15, 0.2) is 71.3 Å². The number of carbonyl (C=O) groups is 2. The van der Waals surface area contributed by atoms with Crippen molar-refractivity contribution in [1.29, 1.82) is 0 Å². The minimum atomic E-state index is -0.497. The lowest BCUT2D eigenvalue weighted by atomic mass is 10.2. The number of carbonyl (C=O) groups excluding carboxylic acids is 2. The van der Waals surface area contributed by atoms with Gasteiger partial charge in [0.2, 0.25) is 5.91 Å². The number of para-hydroxylation sites is 1. The lowest BCUT2D eigenvalue weighted by Gasteiger charge is -2.10. The third-order valence-electron chi connectivity index (χ3n) is 3.47. The van der Waals surface area contributed by atoms with Crippen molar-refractivity contribution in [1.82, 2.24) is 0 Å². The van der Waals surface area contributed by atoms with Crippen LogP contribution in [0.2, 0.25) is 0 Å². The predicted molar refractivity (Wildman–Crippen MR) is 96.6 cm³/mol. The van der Waals surface area contributed by atoms with Crippen LogP contribution in [-0.4, -0.2) is 18.4 Å². The molecule has 0 aliphatic heterocycles. The summed E-state index contributed by atoms with van der Waals surface area (Å²) in [7, 11) is 0. The van der Waals surface area contributed by atoms with Crippen molar-refractivity contribution in [2.24, 2.45) is 0 Å². The summed E-state index contributed by atoms with van der Waals surface area (Å²) in [4.78, 5) is 23.9. The minimum absolute atomic E-state index is 0.0517. The second kappa shape index (κ2) is 7.98. The minimum Gasteiger partial charge on any atom is -0.459 e. The highest BCUT2D eigenvalue weighted by atomic mass is 19.1. The topological polar surface area (TPSA) is 83.4 Å². The lowest BCUT2D eigenvalue weighted by molar-refractivity contribution is -0.114. The molecule has 0 saturated heterocycles. The molecule has 2 amide bonds. The number of nitrogens with one attached hydrogen (secondary N) is 3. The number of halogens is 1. The maximum absolute atomic E-state index is 13.5. The molecule has 1 heterocycles. The molecule has 2 aromatic carbocycles. The highest BCUT2D eigenvalue weighted by Gasteiger charge is 2.09. The van der Waals surface area contributed by atoms with E-state index in [0.29, 0.717) is 11.4 Å². The van der Waals surface area contributed by atoms with Crippen molar-refractivity contribution in [2.45, 2.75) is 0 Å². The smallest absolute Gasteiger partial charge is 0.291 e. The fourth-order valence-electron chi connectivity index (χ4n) is 2.25. The fourth-order valence-corrected chi connectivity index (χ4v) is 2.25. The molecule has 26 heavy (non-hydrogen) atoms. The van der Waals surface area contributed by atoms with Crippen molar-refractivity contribution in [3.8, 4) is 0 Å². The Bertz CT molecular complexity index is 910. The van der Waals surface area contributed by atoms with Crippen LogP contribution in [-0.2, 0) is 4.79 Å². The van der Waals surface area contributed by atoms with E-state index in [9.17, 15) is 14.0 Å². The van der Waals surface area contributed by atoms with Crippen LogP contribution in [0.25, 0.3) is 0 Å². The Morgan fingerprint density at radius 2 is 1.73 bits per heavy atom. The van der Waals surface area contributed by atoms with Crippen molar-refractivity contribution in [2.75, 3.05) is 22.5 Å². The second-order valence-corrected chi connectivity index (χ2v) is 5.39. The maximum Gasteiger partial charge on any atom is 0.291 e. The van der Waals surface area contributed by atoms with Gasteiger partial charge in [-0.1, -0.05) is 18.2 Å². The summed E-state index contributed by atoms with van der Waals surface area (Å²) in [6.07, 6.45) is 1.42. The fraction of sp³-hybridized carbons (Fsp3) is 0.0526. The van der Waals surface area contributed by atoms with Gasteiger partial charge in [0, 0.05) is 11.4 Å². The van der Waals surface area contributed by atoms with Gasteiger partial charge in [0.05, 0.1) is 18.5 Å².